The SMILES string of the molecule is O=C1C[C@@H]2[C@@H](/C=C/C(=O)[C@H]3OCc4ccccc4O3)[C@H](OC(=O)c3ccccc3)C[C@@H]2O1. The maximum atomic E-state index is 12.7. The van der Waals surface area contributed by atoms with Crippen molar-refractivity contribution in [3.8, 4) is 5.75 Å². The Bertz CT molecular complexity index is 1060. The molecule has 1 aliphatic carbocycles. The first kappa shape index (κ1) is 20.5. The monoisotopic (exact) mass is 434 g/mol. The van der Waals surface area contributed by atoms with Crippen molar-refractivity contribution in [3.05, 3.63) is 77.9 Å². The highest BCUT2D eigenvalue weighted by Gasteiger charge is 2.50. The van der Waals surface area contributed by atoms with Crippen LogP contribution in [0.4, 0.5) is 0 Å². The summed E-state index contributed by atoms with van der Waals surface area (Å²) in [6, 6.07) is 16.1. The van der Waals surface area contributed by atoms with Gasteiger partial charge >= 0.3 is 11.9 Å². The standard InChI is InChI=1S/C25H22O7/c26-19(25-29-14-16-8-4-5-9-20(16)32-25)11-10-17-18-12-23(27)30-22(18)13-21(17)31-24(28)15-6-2-1-3-7-15/h1-11,17-18,21-22,25H,12-14H2/b11-10+/t17-,18-,21-,22+,25+/m1/s1. The summed E-state index contributed by atoms with van der Waals surface area (Å²) >= 11 is 0. The van der Waals surface area contributed by atoms with Crippen LogP contribution in [0.5, 0.6) is 5.75 Å². The van der Waals surface area contributed by atoms with Crippen molar-refractivity contribution < 1.29 is 33.3 Å². The van der Waals surface area contributed by atoms with E-state index in [0.717, 1.165) is 5.56 Å². The van der Waals surface area contributed by atoms with E-state index in [1.165, 1.54) is 6.08 Å². The fraction of sp³-hybridized carbons (Fsp3) is 0.320. The molecule has 0 radical (unpaired) electrons. The normalized spacial score (nSPS) is 28.5. The summed E-state index contributed by atoms with van der Waals surface area (Å²) in [6.07, 6.45) is 1.88. The molecule has 0 bridgehead atoms. The number of hydrogen-bond acceptors (Lipinski definition) is 7. The van der Waals surface area contributed by atoms with Crippen LogP contribution in [0, 0.1) is 11.8 Å². The molecule has 2 fully saturated rings. The van der Waals surface area contributed by atoms with E-state index < -0.39 is 18.4 Å². The number of ketones is 1. The van der Waals surface area contributed by atoms with Gasteiger partial charge in [-0.15, -0.1) is 0 Å². The molecule has 2 aliphatic heterocycles. The summed E-state index contributed by atoms with van der Waals surface area (Å²) in [5.41, 5.74) is 1.33. The van der Waals surface area contributed by atoms with Gasteiger partial charge in [-0.1, -0.05) is 42.5 Å². The lowest BCUT2D eigenvalue weighted by Crippen LogP contribution is -2.33. The molecule has 2 aromatic rings. The van der Waals surface area contributed by atoms with Crippen LogP contribution < -0.4 is 4.74 Å². The molecule has 0 N–H and O–H groups in total. The molecule has 7 nitrogen and oxygen atoms in total. The van der Waals surface area contributed by atoms with E-state index in [2.05, 4.69) is 0 Å². The first-order valence-corrected chi connectivity index (χ1v) is 10.6. The molecule has 1 saturated carbocycles. The summed E-state index contributed by atoms with van der Waals surface area (Å²) < 4.78 is 22.4. The molecule has 5 rings (SSSR count). The molecule has 0 aromatic heterocycles. The van der Waals surface area contributed by atoms with E-state index in [9.17, 15) is 14.4 Å². The molecule has 0 spiro atoms. The third-order valence-electron chi connectivity index (χ3n) is 6.13. The fourth-order valence-electron chi connectivity index (χ4n) is 4.55. The van der Waals surface area contributed by atoms with Crippen molar-refractivity contribution in [3.63, 3.8) is 0 Å². The quantitative estimate of drug-likeness (QED) is 0.527. The molecule has 5 atom stereocenters. The fourth-order valence-corrected chi connectivity index (χ4v) is 4.55. The van der Waals surface area contributed by atoms with E-state index in [1.54, 1.807) is 36.4 Å². The average molecular weight is 434 g/mol. The number of benzene rings is 2. The second-order valence-electron chi connectivity index (χ2n) is 8.15. The molecule has 2 heterocycles. The van der Waals surface area contributed by atoms with Gasteiger partial charge in [0.2, 0.25) is 5.78 Å². The minimum Gasteiger partial charge on any atom is -0.462 e. The van der Waals surface area contributed by atoms with E-state index in [0.29, 0.717) is 17.7 Å². The summed E-state index contributed by atoms with van der Waals surface area (Å²) in [5.74, 6) is -0.902. The van der Waals surface area contributed by atoms with E-state index in [4.69, 9.17) is 18.9 Å². The van der Waals surface area contributed by atoms with E-state index >= 15 is 0 Å². The lowest BCUT2D eigenvalue weighted by Gasteiger charge is -2.24. The van der Waals surface area contributed by atoms with Crippen LogP contribution in [0.25, 0.3) is 0 Å². The highest BCUT2D eigenvalue weighted by molar-refractivity contribution is 5.93. The van der Waals surface area contributed by atoms with Crippen LogP contribution in [-0.2, 0) is 30.4 Å². The van der Waals surface area contributed by atoms with Crippen LogP contribution in [-0.4, -0.2) is 36.2 Å². The van der Waals surface area contributed by atoms with Gasteiger partial charge in [0.15, 0.2) is 0 Å². The second kappa shape index (κ2) is 8.59. The number of esters is 2. The van der Waals surface area contributed by atoms with Crippen LogP contribution >= 0.6 is 0 Å². The minimum atomic E-state index is -1.04. The molecule has 0 amide bonds. The van der Waals surface area contributed by atoms with E-state index in [-0.39, 0.29) is 42.7 Å². The molecular weight excluding hydrogens is 412 g/mol. The lowest BCUT2D eigenvalue weighted by molar-refractivity contribution is -0.152. The molecule has 164 valence electrons. The Balaban J connectivity index is 1.30. The Morgan fingerprint density at radius 3 is 2.62 bits per heavy atom. The molecular formula is C25H22O7. The zero-order valence-corrected chi connectivity index (χ0v) is 17.2. The van der Waals surface area contributed by atoms with Crippen LogP contribution in [0.15, 0.2) is 66.7 Å². The smallest absolute Gasteiger partial charge is 0.338 e. The van der Waals surface area contributed by atoms with Gasteiger partial charge in [0.25, 0.3) is 6.29 Å². The Kier molecular flexibility index (Phi) is 5.49. The lowest BCUT2D eigenvalue weighted by atomic mass is 9.91. The number of carbonyl (C=O) groups is 3. The van der Waals surface area contributed by atoms with Gasteiger partial charge < -0.3 is 18.9 Å². The number of carbonyl (C=O) groups excluding carboxylic acids is 3. The van der Waals surface area contributed by atoms with Crippen molar-refractivity contribution >= 4 is 17.7 Å². The maximum absolute atomic E-state index is 12.7. The number of rotatable bonds is 5. The number of hydrogen-bond donors (Lipinski definition) is 0. The highest BCUT2D eigenvalue weighted by atomic mass is 16.7. The maximum Gasteiger partial charge on any atom is 0.338 e. The van der Waals surface area contributed by atoms with Gasteiger partial charge in [0.05, 0.1) is 18.6 Å². The Morgan fingerprint density at radius 1 is 1.00 bits per heavy atom. The van der Waals surface area contributed by atoms with Crippen molar-refractivity contribution in [2.75, 3.05) is 0 Å². The number of ether oxygens (including phenoxy) is 4. The molecule has 1 saturated heterocycles. The van der Waals surface area contributed by atoms with Gasteiger partial charge in [-0.05, 0) is 24.3 Å². The number of para-hydroxylation sites is 1. The van der Waals surface area contributed by atoms with Gasteiger partial charge in [0, 0.05) is 23.8 Å². The van der Waals surface area contributed by atoms with Crippen molar-refractivity contribution in [1.82, 2.24) is 0 Å². The minimum absolute atomic E-state index is 0.144. The Morgan fingerprint density at radius 2 is 1.78 bits per heavy atom. The Labute approximate surface area is 184 Å². The Hall–Kier alpha value is -3.45. The summed E-state index contributed by atoms with van der Waals surface area (Å²) in [6.45, 7) is 0.286. The number of fused-ring (bicyclic) bond motifs is 2. The van der Waals surface area contributed by atoms with Crippen molar-refractivity contribution in [2.24, 2.45) is 11.8 Å². The van der Waals surface area contributed by atoms with E-state index in [1.807, 2.05) is 24.3 Å². The zero-order valence-electron chi connectivity index (χ0n) is 17.2. The molecule has 32 heavy (non-hydrogen) atoms. The van der Waals surface area contributed by atoms with Crippen molar-refractivity contribution in [2.45, 2.75) is 37.9 Å². The van der Waals surface area contributed by atoms with Crippen LogP contribution in [0.1, 0.15) is 28.8 Å². The molecule has 2 aromatic carbocycles. The summed E-state index contributed by atoms with van der Waals surface area (Å²) in [4.78, 5) is 37.1. The third-order valence-corrected chi connectivity index (χ3v) is 6.13. The van der Waals surface area contributed by atoms with Gasteiger partial charge in [-0.25, -0.2) is 4.79 Å². The van der Waals surface area contributed by atoms with Gasteiger partial charge in [0.1, 0.15) is 18.0 Å². The topological polar surface area (TPSA) is 88.1 Å². The second-order valence-corrected chi connectivity index (χ2v) is 8.15. The summed E-state index contributed by atoms with van der Waals surface area (Å²) in [5, 5.41) is 0. The van der Waals surface area contributed by atoms with Crippen LogP contribution in [0.3, 0.4) is 0 Å². The predicted octanol–water partition coefficient (Wildman–Crippen LogP) is 3.22. The van der Waals surface area contributed by atoms with Crippen molar-refractivity contribution in [1.29, 1.82) is 0 Å². The predicted molar refractivity (Wildman–Crippen MR) is 112 cm³/mol. The first-order valence-electron chi connectivity index (χ1n) is 10.6. The molecule has 7 heteroatoms. The van der Waals surface area contributed by atoms with Gasteiger partial charge in [-0.3, -0.25) is 9.59 Å². The largest absolute Gasteiger partial charge is 0.462 e. The first-order chi connectivity index (χ1) is 15.6. The molecule has 3 aliphatic rings. The third kappa shape index (κ3) is 4.03. The van der Waals surface area contributed by atoms with Crippen LogP contribution in [0.2, 0.25) is 0 Å². The average Bonchev–Trinajstić information content (AvgIpc) is 3.33. The highest BCUT2D eigenvalue weighted by Crippen LogP contribution is 2.43. The molecule has 0 unspecified atom stereocenters. The zero-order chi connectivity index (χ0) is 22.1. The van der Waals surface area contributed by atoms with Gasteiger partial charge in [-0.2, -0.15) is 0 Å². The summed E-state index contributed by atoms with van der Waals surface area (Å²) in [7, 11) is 0.